The number of piperazine rings is 1. The molecular weight excluding hydrogens is 735 g/mol. The van der Waals surface area contributed by atoms with Gasteiger partial charge in [0.1, 0.15) is 5.82 Å². The summed E-state index contributed by atoms with van der Waals surface area (Å²) in [5.74, 6) is -0.252. The Morgan fingerprint density at radius 3 is 2.57 bits per heavy atom. The van der Waals surface area contributed by atoms with Gasteiger partial charge < -0.3 is 36.7 Å². The van der Waals surface area contributed by atoms with Gasteiger partial charge >= 0.3 is 6.01 Å². The summed E-state index contributed by atoms with van der Waals surface area (Å²) in [5, 5.41) is 11.9. The number of morpholine rings is 1. The zero-order chi connectivity index (χ0) is 29.1. The van der Waals surface area contributed by atoms with Gasteiger partial charge in [-0.05, 0) is 30.4 Å². The molecule has 1 aromatic heterocycles. The number of fused-ring (bicyclic) bond motifs is 2. The van der Waals surface area contributed by atoms with Crippen molar-refractivity contribution in [3.05, 3.63) is 67.5 Å². The Hall–Kier alpha value is -3.27. The molecule has 4 heterocycles. The van der Waals surface area contributed by atoms with Crippen LogP contribution in [0.5, 0.6) is 11.8 Å². The summed E-state index contributed by atoms with van der Waals surface area (Å²) in [6.45, 7) is 11.7. The molecule has 0 spiro atoms. The molecule has 0 radical (unpaired) electrons. The van der Waals surface area contributed by atoms with Crippen LogP contribution in [0.4, 0.5) is 15.9 Å². The fourth-order valence-corrected chi connectivity index (χ4v) is 6.05. The molecular formula is C32H40FN6O4W-. The van der Waals surface area contributed by atoms with Crippen LogP contribution in [0.2, 0.25) is 0 Å². The number of aromatic hydroxyl groups is 1. The Labute approximate surface area is 272 Å². The Morgan fingerprint density at radius 1 is 1.07 bits per heavy atom. The van der Waals surface area contributed by atoms with Gasteiger partial charge in [0, 0.05) is 84.4 Å². The Kier molecular flexibility index (Phi) is 11.6. The predicted molar refractivity (Wildman–Crippen MR) is 165 cm³/mol. The first-order chi connectivity index (χ1) is 20.5. The normalized spacial score (nSPS) is 17.0. The molecule has 3 aromatic rings. The zero-order valence-corrected chi connectivity index (χ0v) is 28.1. The SMILES string of the molecule is C=CC(=O)N1CCN(c2nc(OCCCN3CCOCC3)nc3c2CCN(c2c(F)c(O)cc4ccccc24)C3)CC1.[CH3-].[W]. The van der Waals surface area contributed by atoms with E-state index in [0.29, 0.717) is 64.0 Å². The molecule has 10 nitrogen and oxygen atoms in total. The molecule has 3 aliphatic rings. The van der Waals surface area contributed by atoms with Gasteiger partial charge in [-0.3, -0.25) is 9.69 Å². The monoisotopic (exact) mass is 775 g/mol. The number of carbonyl (C=O) groups excluding carboxylic acids is 1. The molecule has 2 fully saturated rings. The number of rotatable bonds is 8. The largest absolute Gasteiger partial charge is 0.505 e. The average Bonchev–Trinajstić information content (AvgIpc) is 3.03. The summed E-state index contributed by atoms with van der Waals surface area (Å²) in [4.78, 5) is 30.1. The second-order valence-corrected chi connectivity index (χ2v) is 10.9. The molecule has 0 bridgehead atoms. The topological polar surface area (TPSA) is 94.5 Å². The number of hydrogen-bond donors (Lipinski definition) is 1. The zero-order valence-electron chi connectivity index (χ0n) is 25.2. The minimum atomic E-state index is -0.631. The number of benzene rings is 2. The van der Waals surface area contributed by atoms with E-state index >= 15 is 4.39 Å². The Bertz CT molecular complexity index is 1460. The summed E-state index contributed by atoms with van der Waals surface area (Å²) in [5.41, 5.74) is 2.17. The van der Waals surface area contributed by atoms with Crippen LogP contribution in [0.15, 0.2) is 43.0 Å². The number of aromatic nitrogens is 2. The maximum atomic E-state index is 15.4. The van der Waals surface area contributed by atoms with Gasteiger partial charge in [-0.2, -0.15) is 9.97 Å². The fraction of sp³-hybridized carbons (Fsp3) is 0.438. The number of nitrogens with zero attached hydrogens (tertiary/aromatic N) is 6. The summed E-state index contributed by atoms with van der Waals surface area (Å²) in [6.07, 6.45) is 2.80. The average molecular weight is 776 g/mol. The molecule has 1 N–H and O–H groups in total. The summed E-state index contributed by atoms with van der Waals surface area (Å²) < 4.78 is 27.0. The van der Waals surface area contributed by atoms with E-state index in [-0.39, 0.29) is 40.1 Å². The van der Waals surface area contributed by atoms with E-state index in [9.17, 15) is 9.90 Å². The van der Waals surface area contributed by atoms with Crippen molar-refractivity contribution in [3.8, 4) is 11.8 Å². The van der Waals surface area contributed by atoms with E-state index in [2.05, 4.69) is 16.4 Å². The van der Waals surface area contributed by atoms with E-state index in [1.54, 1.807) is 4.90 Å². The number of anilines is 2. The van der Waals surface area contributed by atoms with Crippen molar-refractivity contribution >= 4 is 28.2 Å². The quantitative estimate of drug-likeness (QED) is 0.210. The van der Waals surface area contributed by atoms with Crippen LogP contribution in [0.3, 0.4) is 0 Å². The molecule has 2 aromatic carbocycles. The molecule has 0 aliphatic carbocycles. The van der Waals surface area contributed by atoms with Crippen LogP contribution in [0.1, 0.15) is 17.7 Å². The van der Waals surface area contributed by atoms with Crippen LogP contribution in [-0.4, -0.2) is 103 Å². The molecule has 236 valence electrons. The Morgan fingerprint density at radius 2 is 1.82 bits per heavy atom. The van der Waals surface area contributed by atoms with E-state index in [4.69, 9.17) is 19.4 Å². The number of phenols is 1. The molecule has 2 saturated heterocycles. The summed E-state index contributed by atoms with van der Waals surface area (Å²) in [7, 11) is 0. The number of hydrogen-bond acceptors (Lipinski definition) is 9. The van der Waals surface area contributed by atoms with Gasteiger partial charge in [0.25, 0.3) is 0 Å². The minimum Gasteiger partial charge on any atom is -0.505 e. The molecule has 0 saturated carbocycles. The first kappa shape index (κ1) is 33.6. The van der Waals surface area contributed by atoms with Crippen LogP contribution in [-0.2, 0) is 43.6 Å². The second kappa shape index (κ2) is 15.1. The molecule has 0 unspecified atom stereocenters. The molecule has 12 heteroatoms. The summed E-state index contributed by atoms with van der Waals surface area (Å²) in [6, 6.07) is 9.26. The van der Waals surface area contributed by atoms with Crippen LogP contribution < -0.4 is 14.5 Å². The van der Waals surface area contributed by atoms with Crippen molar-refractivity contribution < 1.29 is 44.8 Å². The van der Waals surface area contributed by atoms with Crippen LogP contribution >= 0.6 is 0 Å². The van der Waals surface area contributed by atoms with Crippen molar-refractivity contribution in [1.82, 2.24) is 19.8 Å². The molecule has 1 amide bonds. The third kappa shape index (κ3) is 7.16. The van der Waals surface area contributed by atoms with Gasteiger partial charge in [-0.25, -0.2) is 4.39 Å². The molecule has 0 atom stereocenters. The van der Waals surface area contributed by atoms with Gasteiger partial charge in [0.2, 0.25) is 5.91 Å². The van der Waals surface area contributed by atoms with Gasteiger partial charge in [0.15, 0.2) is 11.6 Å². The molecule has 3 aliphatic heterocycles. The first-order valence-electron chi connectivity index (χ1n) is 14.7. The number of phenolic OH excluding ortho intramolecular Hbond substituents is 1. The number of ether oxygens (including phenoxy) is 2. The number of halogens is 1. The molecule has 44 heavy (non-hydrogen) atoms. The van der Waals surface area contributed by atoms with E-state index < -0.39 is 5.82 Å². The number of carbonyl (C=O) groups is 1. The second-order valence-electron chi connectivity index (χ2n) is 10.9. The third-order valence-corrected chi connectivity index (χ3v) is 8.30. The van der Waals surface area contributed by atoms with E-state index in [0.717, 1.165) is 67.1 Å². The van der Waals surface area contributed by atoms with E-state index in [1.165, 1.54) is 12.1 Å². The third-order valence-electron chi connectivity index (χ3n) is 8.30. The Balaban J connectivity index is 0.00000221. The van der Waals surface area contributed by atoms with E-state index in [1.807, 2.05) is 29.2 Å². The van der Waals surface area contributed by atoms with Crippen LogP contribution in [0.25, 0.3) is 10.8 Å². The smallest absolute Gasteiger partial charge is 0.318 e. The van der Waals surface area contributed by atoms with Crippen molar-refractivity contribution in [3.63, 3.8) is 0 Å². The fourth-order valence-electron chi connectivity index (χ4n) is 6.05. The van der Waals surface area contributed by atoms with Crippen molar-refractivity contribution in [1.29, 1.82) is 0 Å². The van der Waals surface area contributed by atoms with Gasteiger partial charge in [-0.1, -0.05) is 30.8 Å². The minimum absolute atomic E-state index is 0. The van der Waals surface area contributed by atoms with Gasteiger partial charge in [-0.15, -0.1) is 0 Å². The standard InChI is InChI=1S/C31H37FN6O4.CH3.W/c1-2-27(40)36-11-13-37(14-12-36)30-24-8-10-38(29-23-7-4-3-6-22(23)20-26(39)28(29)32)21-25(24)33-31(34-30)42-17-5-9-35-15-18-41-19-16-35;;/h2-4,6-7,20,39H,1,5,8-19,21H2;1H3;/q;-1;. The molecule has 6 rings (SSSR count). The predicted octanol–water partition coefficient (Wildman–Crippen LogP) is 3.42. The maximum Gasteiger partial charge on any atom is 0.318 e. The van der Waals surface area contributed by atoms with Gasteiger partial charge in [0.05, 0.1) is 37.7 Å². The van der Waals surface area contributed by atoms with Crippen molar-refractivity contribution in [2.75, 3.05) is 82.0 Å². The first-order valence-corrected chi connectivity index (χ1v) is 14.7. The number of amides is 1. The van der Waals surface area contributed by atoms with Crippen molar-refractivity contribution in [2.45, 2.75) is 19.4 Å². The van der Waals surface area contributed by atoms with Crippen LogP contribution in [0, 0.1) is 13.2 Å². The maximum absolute atomic E-state index is 15.4. The van der Waals surface area contributed by atoms with Crippen molar-refractivity contribution in [2.24, 2.45) is 0 Å². The summed E-state index contributed by atoms with van der Waals surface area (Å²) >= 11 is 0.